The Balaban J connectivity index is 3.16. The highest BCUT2D eigenvalue weighted by Crippen LogP contribution is 2.13. The number of nitrogens with zero attached hydrogens (tertiary/aromatic N) is 5. The minimum Gasteiger partial charge on any atom is -0.357 e. The molecule has 0 aliphatic rings. The molecule has 15 heavy (non-hydrogen) atoms. The lowest BCUT2D eigenvalue weighted by molar-refractivity contribution is 0.932. The molecule has 1 N–H and O–H groups in total. The van der Waals surface area contributed by atoms with Crippen molar-refractivity contribution >= 4 is 17.8 Å². The van der Waals surface area contributed by atoms with Gasteiger partial charge in [0.25, 0.3) is 0 Å². The fourth-order valence-corrected chi connectivity index (χ4v) is 0.905. The Bertz CT molecular complexity index is 348. The molecule has 0 atom stereocenters. The van der Waals surface area contributed by atoms with E-state index < -0.39 is 0 Å². The summed E-state index contributed by atoms with van der Waals surface area (Å²) in [6.07, 6.45) is 1.65. The normalized spacial score (nSPS) is 9.60. The molecule has 0 saturated carbocycles. The third kappa shape index (κ3) is 2.55. The smallest absolute Gasteiger partial charge is 0.235 e. The predicted molar refractivity (Wildman–Crippen MR) is 62.3 cm³/mol. The van der Waals surface area contributed by atoms with E-state index in [9.17, 15) is 0 Å². The molecule has 0 radical (unpaired) electrons. The fourth-order valence-electron chi connectivity index (χ4n) is 0.905. The number of hydrogen-bond acceptors (Lipinski definition) is 6. The second kappa shape index (κ2) is 4.59. The van der Waals surface area contributed by atoms with E-state index in [1.807, 2.05) is 26.0 Å². The van der Waals surface area contributed by atoms with Crippen molar-refractivity contribution in [3.8, 4) is 0 Å². The molecule has 1 rings (SSSR count). The van der Waals surface area contributed by atoms with Gasteiger partial charge in [-0.25, -0.2) is 0 Å². The molecule has 0 aliphatic heterocycles. The van der Waals surface area contributed by atoms with Gasteiger partial charge in [0.15, 0.2) is 0 Å². The Kier molecular flexibility index (Phi) is 3.43. The summed E-state index contributed by atoms with van der Waals surface area (Å²) in [5, 5.41) is 2.89. The molecular weight excluding hydrogens is 192 g/mol. The van der Waals surface area contributed by atoms with Gasteiger partial charge in [-0.1, -0.05) is 6.58 Å². The fraction of sp³-hybridized carbons (Fsp3) is 0.444. The molecule has 1 aromatic heterocycles. The summed E-state index contributed by atoms with van der Waals surface area (Å²) in [7, 11) is 7.37. The van der Waals surface area contributed by atoms with Crippen LogP contribution >= 0.6 is 0 Å². The lowest BCUT2D eigenvalue weighted by Crippen LogP contribution is -2.19. The van der Waals surface area contributed by atoms with Gasteiger partial charge in [0.2, 0.25) is 17.8 Å². The van der Waals surface area contributed by atoms with Crippen molar-refractivity contribution in [2.75, 3.05) is 43.3 Å². The van der Waals surface area contributed by atoms with E-state index in [-0.39, 0.29) is 0 Å². The number of rotatable bonds is 4. The van der Waals surface area contributed by atoms with E-state index in [0.29, 0.717) is 17.8 Å². The van der Waals surface area contributed by atoms with Gasteiger partial charge in [0.1, 0.15) is 0 Å². The third-order valence-electron chi connectivity index (χ3n) is 1.82. The second-order valence-corrected chi connectivity index (χ2v) is 3.20. The first-order valence-electron chi connectivity index (χ1n) is 4.55. The van der Waals surface area contributed by atoms with Crippen LogP contribution in [0, 0.1) is 0 Å². The summed E-state index contributed by atoms with van der Waals surface area (Å²) in [5.41, 5.74) is 0. The van der Waals surface area contributed by atoms with Gasteiger partial charge in [0.05, 0.1) is 0 Å². The quantitative estimate of drug-likeness (QED) is 0.780. The van der Waals surface area contributed by atoms with Crippen LogP contribution in [-0.2, 0) is 0 Å². The Morgan fingerprint density at radius 1 is 1.13 bits per heavy atom. The Labute approximate surface area is 89.7 Å². The van der Waals surface area contributed by atoms with Crippen molar-refractivity contribution in [2.24, 2.45) is 0 Å². The topological polar surface area (TPSA) is 57.2 Å². The van der Waals surface area contributed by atoms with Crippen molar-refractivity contribution in [3.05, 3.63) is 12.8 Å². The summed E-state index contributed by atoms with van der Waals surface area (Å²) in [5.74, 6) is 1.71. The van der Waals surface area contributed by atoms with Crippen molar-refractivity contribution < 1.29 is 0 Å². The zero-order valence-electron chi connectivity index (χ0n) is 9.52. The molecule has 0 bridgehead atoms. The molecule has 0 amide bonds. The summed E-state index contributed by atoms with van der Waals surface area (Å²) in [6.45, 7) is 3.66. The van der Waals surface area contributed by atoms with Crippen LogP contribution in [0.25, 0.3) is 0 Å². The van der Waals surface area contributed by atoms with Crippen LogP contribution in [-0.4, -0.2) is 43.1 Å². The van der Waals surface area contributed by atoms with E-state index in [2.05, 4.69) is 26.8 Å². The van der Waals surface area contributed by atoms with Crippen LogP contribution in [0.15, 0.2) is 12.8 Å². The lowest BCUT2D eigenvalue weighted by Gasteiger charge is -2.16. The average molecular weight is 208 g/mol. The molecule has 1 aromatic rings. The summed E-state index contributed by atoms with van der Waals surface area (Å²) >= 11 is 0. The zero-order chi connectivity index (χ0) is 11.4. The first kappa shape index (κ1) is 11.2. The molecule has 0 saturated heterocycles. The average Bonchev–Trinajstić information content (AvgIpc) is 2.27. The molecule has 0 aliphatic carbocycles. The highest BCUT2D eigenvalue weighted by molar-refractivity contribution is 5.45. The van der Waals surface area contributed by atoms with E-state index in [0.717, 1.165) is 0 Å². The lowest BCUT2D eigenvalue weighted by atomic mass is 10.7. The minimum atomic E-state index is 0.539. The van der Waals surface area contributed by atoms with Crippen LogP contribution in [0.3, 0.4) is 0 Å². The van der Waals surface area contributed by atoms with Crippen LogP contribution in [0.2, 0.25) is 0 Å². The SMILES string of the molecule is C=CN(C)c1nc(NC)nc(N(C)C)n1. The van der Waals surface area contributed by atoms with Crippen LogP contribution in [0.4, 0.5) is 17.8 Å². The Hall–Kier alpha value is -1.85. The monoisotopic (exact) mass is 208 g/mol. The van der Waals surface area contributed by atoms with Crippen LogP contribution in [0.5, 0.6) is 0 Å². The molecule has 0 spiro atoms. The predicted octanol–water partition coefficient (Wildman–Crippen LogP) is 0.559. The van der Waals surface area contributed by atoms with Crippen LogP contribution < -0.4 is 15.1 Å². The summed E-state index contributed by atoms with van der Waals surface area (Å²) in [4.78, 5) is 16.2. The Morgan fingerprint density at radius 3 is 2.20 bits per heavy atom. The van der Waals surface area contributed by atoms with E-state index in [1.165, 1.54) is 0 Å². The maximum atomic E-state index is 4.27. The molecule has 6 heteroatoms. The summed E-state index contributed by atoms with van der Waals surface area (Å²) in [6, 6.07) is 0. The molecular formula is C9H16N6. The number of aromatic nitrogens is 3. The van der Waals surface area contributed by atoms with Gasteiger partial charge in [-0.15, -0.1) is 0 Å². The number of anilines is 3. The maximum Gasteiger partial charge on any atom is 0.235 e. The minimum absolute atomic E-state index is 0.539. The van der Waals surface area contributed by atoms with Crippen molar-refractivity contribution in [2.45, 2.75) is 0 Å². The van der Waals surface area contributed by atoms with Gasteiger partial charge in [0, 0.05) is 28.2 Å². The van der Waals surface area contributed by atoms with Crippen molar-refractivity contribution in [3.63, 3.8) is 0 Å². The molecule has 0 unspecified atom stereocenters. The van der Waals surface area contributed by atoms with Crippen molar-refractivity contribution in [1.29, 1.82) is 0 Å². The first-order chi connectivity index (χ1) is 7.08. The molecule has 0 aromatic carbocycles. The van der Waals surface area contributed by atoms with Gasteiger partial charge in [-0.05, 0) is 6.20 Å². The van der Waals surface area contributed by atoms with E-state index in [1.54, 1.807) is 18.1 Å². The van der Waals surface area contributed by atoms with Crippen LogP contribution in [0.1, 0.15) is 0 Å². The zero-order valence-corrected chi connectivity index (χ0v) is 9.52. The highest BCUT2D eigenvalue weighted by Gasteiger charge is 2.08. The van der Waals surface area contributed by atoms with E-state index in [4.69, 9.17) is 0 Å². The standard InChI is InChI=1S/C9H16N6/c1-6-15(5)9-12-7(10-2)11-8(13-9)14(3)4/h6H,1H2,2-5H3,(H,10,11,12,13). The molecule has 1 heterocycles. The molecule has 6 nitrogen and oxygen atoms in total. The number of nitrogens with one attached hydrogen (secondary N) is 1. The maximum absolute atomic E-state index is 4.27. The van der Waals surface area contributed by atoms with Crippen molar-refractivity contribution in [1.82, 2.24) is 15.0 Å². The van der Waals surface area contributed by atoms with Gasteiger partial charge in [-0.3, -0.25) is 0 Å². The van der Waals surface area contributed by atoms with Gasteiger partial charge >= 0.3 is 0 Å². The van der Waals surface area contributed by atoms with Gasteiger partial charge in [-0.2, -0.15) is 15.0 Å². The van der Waals surface area contributed by atoms with E-state index >= 15 is 0 Å². The van der Waals surface area contributed by atoms with Gasteiger partial charge < -0.3 is 15.1 Å². The molecule has 0 fully saturated rings. The highest BCUT2D eigenvalue weighted by atomic mass is 15.3. The first-order valence-corrected chi connectivity index (χ1v) is 4.55. The molecule has 82 valence electrons. The Morgan fingerprint density at radius 2 is 1.73 bits per heavy atom. The third-order valence-corrected chi connectivity index (χ3v) is 1.82. The largest absolute Gasteiger partial charge is 0.357 e. The summed E-state index contributed by atoms with van der Waals surface area (Å²) < 4.78 is 0. The second-order valence-electron chi connectivity index (χ2n) is 3.20. The number of hydrogen-bond donors (Lipinski definition) is 1.